The average molecular weight is 242 g/mol. The Morgan fingerprint density at radius 2 is 2.24 bits per heavy atom. The summed E-state index contributed by atoms with van der Waals surface area (Å²) in [7, 11) is 1.45. The molecule has 1 saturated carbocycles. The van der Waals surface area contributed by atoms with E-state index in [1.165, 1.54) is 26.4 Å². The van der Waals surface area contributed by atoms with Crippen molar-refractivity contribution >= 4 is 5.97 Å². The van der Waals surface area contributed by atoms with Crippen LogP contribution in [0.15, 0.2) is 0 Å². The molecule has 0 spiro atoms. The number of carbonyl (C=O) groups is 1. The van der Waals surface area contributed by atoms with Crippen molar-refractivity contribution in [2.45, 2.75) is 51.6 Å². The van der Waals surface area contributed by atoms with E-state index in [1.54, 1.807) is 0 Å². The number of methoxy groups -OCH3 is 1. The fraction of sp³-hybridized carbons (Fsp3) is 0.923. The zero-order valence-electron chi connectivity index (χ0n) is 11.3. The van der Waals surface area contributed by atoms with Crippen molar-refractivity contribution in [3.05, 3.63) is 0 Å². The zero-order chi connectivity index (χ0) is 12.8. The Kier molecular flexibility index (Phi) is 5.92. The molecule has 0 aliphatic heterocycles. The molecule has 0 bridgehead atoms. The van der Waals surface area contributed by atoms with E-state index in [1.807, 2.05) is 0 Å². The van der Waals surface area contributed by atoms with Crippen molar-refractivity contribution < 1.29 is 9.53 Å². The summed E-state index contributed by atoms with van der Waals surface area (Å²) in [5.41, 5.74) is 5.83. The summed E-state index contributed by atoms with van der Waals surface area (Å²) in [4.78, 5) is 13.8. The van der Waals surface area contributed by atoms with Crippen molar-refractivity contribution in [2.75, 3.05) is 20.2 Å². The van der Waals surface area contributed by atoms with E-state index in [2.05, 4.69) is 18.7 Å². The van der Waals surface area contributed by atoms with Crippen LogP contribution in [0.3, 0.4) is 0 Å². The van der Waals surface area contributed by atoms with Crippen LogP contribution in [-0.2, 0) is 9.53 Å². The normalized spacial score (nSPS) is 26.2. The van der Waals surface area contributed by atoms with Crippen LogP contribution in [0.1, 0.15) is 39.5 Å². The quantitative estimate of drug-likeness (QED) is 0.715. The van der Waals surface area contributed by atoms with E-state index in [-0.39, 0.29) is 12.0 Å². The molecule has 1 fully saturated rings. The number of carbonyl (C=O) groups excluding carboxylic acids is 1. The maximum atomic E-state index is 11.3. The molecule has 1 aliphatic rings. The summed E-state index contributed by atoms with van der Waals surface area (Å²) in [6, 6.07) is 0.786. The lowest BCUT2D eigenvalue weighted by atomic mass is 10.00. The molecule has 17 heavy (non-hydrogen) atoms. The minimum absolute atomic E-state index is 0.127. The van der Waals surface area contributed by atoms with Gasteiger partial charge in [-0.05, 0) is 38.8 Å². The third-order valence-corrected chi connectivity index (χ3v) is 3.97. The zero-order valence-corrected chi connectivity index (χ0v) is 11.3. The molecule has 0 aromatic heterocycles. The molecule has 4 heteroatoms. The van der Waals surface area contributed by atoms with Gasteiger partial charge in [-0.25, -0.2) is 0 Å². The average Bonchev–Trinajstić information content (AvgIpc) is 2.78. The van der Waals surface area contributed by atoms with Crippen LogP contribution in [0.2, 0.25) is 0 Å². The van der Waals surface area contributed by atoms with Crippen LogP contribution in [0, 0.1) is 5.92 Å². The second-order valence-electron chi connectivity index (χ2n) is 4.95. The number of ether oxygens (including phenoxy) is 1. The van der Waals surface area contributed by atoms with Gasteiger partial charge in [0.1, 0.15) is 0 Å². The fourth-order valence-electron chi connectivity index (χ4n) is 3.04. The van der Waals surface area contributed by atoms with Gasteiger partial charge < -0.3 is 10.5 Å². The van der Waals surface area contributed by atoms with Gasteiger partial charge in [0.2, 0.25) is 0 Å². The van der Waals surface area contributed by atoms with Crippen molar-refractivity contribution in [1.82, 2.24) is 4.90 Å². The van der Waals surface area contributed by atoms with Gasteiger partial charge in [-0.1, -0.05) is 13.3 Å². The molecule has 3 atom stereocenters. The summed E-state index contributed by atoms with van der Waals surface area (Å²) in [5.74, 6) is 0.466. The molecular weight excluding hydrogens is 216 g/mol. The minimum Gasteiger partial charge on any atom is -0.469 e. The predicted octanol–water partition coefficient (Wildman–Crippen LogP) is 1.39. The molecule has 0 amide bonds. The van der Waals surface area contributed by atoms with Crippen LogP contribution in [-0.4, -0.2) is 43.2 Å². The lowest BCUT2D eigenvalue weighted by Gasteiger charge is -2.36. The smallest absolute Gasteiger partial charge is 0.307 e. The largest absolute Gasteiger partial charge is 0.469 e. The van der Waals surface area contributed by atoms with Crippen LogP contribution < -0.4 is 5.73 Å². The molecule has 0 radical (unpaired) electrons. The molecule has 2 N–H and O–H groups in total. The fourth-order valence-corrected chi connectivity index (χ4v) is 3.04. The number of nitrogens with two attached hydrogens (primary N) is 1. The highest BCUT2D eigenvalue weighted by Gasteiger charge is 2.33. The first-order valence-corrected chi connectivity index (χ1v) is 6.66. The van der Waals surface area contributed by atoms with E-state index in [0.29, 0.717) is 18.4 Å². The van der Waals surface area contributed by atoms with Crippen molar-refractivity contribution in [3.8, 4) is 0 Å². The molecular formula is C13H26N2O2. The highest BCUT2D eigenvalue weighted by molar-refractivity contribution is 5.69. The number of esters is 1. The second-order valence-corrected chi connectivity index (χ2v) is 4.95. The number of nitrogens with zero attached hydrogens (tertiary/aromatic N) is 1. The van der Waals surface area contributed by atoms with Gasteiger partial charge in [-0.2, -0.15) is 0 Å². The number of hydrogen-bond donors (Lipinski definition) is 1. The monoisotopic (exact) mass is 242 g/mol. The van der Waals surface area contributed by atoms with Crippen LogP contribution in [0.25, 0.3) is 0 Å². The molecule has 3 unspecified atom stereocenters. The maximum Gasteiger partial charge on any atom is 0.307 e. The molecule has 0 aromatic rings. The maximum absolute atomic E-state index is 11.3. The van der Waals surface area contributed by atoms with Crippen LogP contribution in [0.4, 0.5) is 0 Å². The van der Waals surface area contributed by atoms with E-state index >= 15 is 0 Å². The molecule has 0 heterocycles. The minimum atomic E-state index is -0.127. The van der Waals surface area contributed by atoms with E-state index < -0.39 is 0 Å². The number of hydrogen-bond acceptors (Lipinski definition) is 4. The van der Waals surface area contributed by atoms with Crippen molar-refractivity contribution in [1.29, 1.82) is 0 Å². The molecule has 4 nitrogen and oxygen atoms in total. The van der Waals surface area contributed by atoms with Gasteiger partial charge in [-0.15, -0.1) is 0 Å². The highest BCUT2D eigenvalue weighted by Crippen LogP contribution is 2.30. The Balaban J connectivity index is 2.59. The molecule has 0 aromatic carbocycles. The van der Waals surface area contributed by atoms with E-state index in [9.17, 15) is 4.79 Å². The third kappa shape index (κ3) is 3.68. The summed E-state index contributed by atoms with van der Waals surface area (Å²) in [6.45, 7) is 5.98. The van der Waals surface area contributed by atoms with Crippen LogP contribution >= 0.6 is 0 Å². The molecule has 0 saturated heterocycles. The van der Waals surface area contributed by atoms with Crippen LogP contribution in [0.5, 0.6) is 0 Å². The van der Waals surface area contributed by atoms with Crippen molar-refractivity contribution in [3.63, 3.8) is 0 Å². The highest BCUT2D eigenvalue weighted by atomic mass is 16.5. The summed E-state index contributed by atoms with van der Waals surface area (Å²) in [5, 5.41) is 0. The lowest BCUT2D eigenvalue weighted by molar-refractivity contribution is -0.142. The molecule has 100 valence electrons. The van der Waals surface area contributed by atoms with Gasteiger partial charge in [0.05, 0.1) is 13.5 Å². The van der Waals surface area contributed by atoms with E-state index in [4.69, 9.17) is 10.5 Å². The third-order valence-electron chi connectivity index (χ3n) is 3.97. The predicted molar refractivity (Wildman–Crippen MR) is 68.7 cm³/mol. The SMILES string of the molecule is CCN(C(C)CC(=O)OC)C1CCCC1CN. The standard InChI is InChI=1S/C13H26N2O2/c1-4-15(10(2)8-13(16)17-3)12-7-5-6-11(12)9-14/h10-12H,4-9,14H2,1-3H3. The van der Waals surface area contributed by atoms with Gasteiger partial charge in [0, 0.05) is 12.1 Å². The second kappa shape index (κ2) is 6.97. The summed E-state index contributed by atoms with van der Waals surface area (Å²) < 4.78 is 4.74. The summed E-state index contributed by atoms with van der Waals surface area (Å²) in [6.07, 6.45) is 4.16. The van der Waals surface area contributed by atoms with Gasteiger partial charge in [0.15, 0.2) is 0 Å². The Labute approximate surface area is 104 Å². The summed E-state index contributed by atoms with van der Waals surface area (Å²) >= 11 is 0. The Bertz CT molecular complexity index is 246. The lowest BCUT2D eigenvalue weighted by Crippen LogP contribution is -2.46. The number of rotatable bonds is 6. The van der Waals surface area contributed by atoms with Gasteiger partial charge in [0.25, 0.3) is 0 Å². The van der Waals surface area contributed by atoms with E-state index in [0.717, 1.165) is 13.1 Å². The molecule has 1 rings (SSSR count). The first kappa shape index (κ1) is 14.5. The Morgan fingerprint density at radius 1 is 1.53 bits per heavy atom. The first-order valence-electron chi connectivity index (χ1n) is 6.66. The molecule has 1 aliphatic carbocycles. The Morgan fingerprint density at radius 3 is 2.76 bits per heavy atom. The Hall–Kier alpha value is -0.610. The van der Waals surface area contributed by atoms with Gasteiger partial charge >= 0.3 is 5.97 Å². The first-order chi connectivity index (χ1) is 8.13. The van der Waals surface area contributed by atoms with Crippen molar-refractivity contribution in [2.24, 2.45) is 11.7 Å². The van der Waals surface area contributed by atoms with Gasteiger partial charge in [-0.3, -0.25) is 9.69 Å². The topological polar surface area (TPSA) is 55.6 Å².